The molecule has 2 aromatic carbocycles. The summed E-state index contributed by atoms with van der Waals surface area (Å²) in [6.07, 6.45) is -0.611. The van der Waals surface area contributed by atoms with E-state index >= 15 is 0 Å². The van der Waals surface area contributed by atoms with E-state index in [9.17, 15) is 5.11 Å². The van der Waals surface area contributed by atoms with Crippen LogP contribution in [-0.2, 0) is 0 Å². The predicted molar refractivity (Wildman–Crippen MR) is 110 cm³/mol. The number of hydrogen-bond donors (Lipinski definition) is 3. The average molecular weight is 394 g/mol. The minimum Gasteiger partial charge on any atom is -0.497 e. The van der Waals surface area contributed by atoms with Gasteiger partial charge in [0.2, 0.25) is 0 Å². The summed E-state index contributed by atoms with van der Waals surface area (Å²) in [5, 5.41) is 14.6. The summed E-state index contributed by atoms with van der Waals surface area (Å²) in [4.78, 5) is 4.74. The molecule has 0 unspecified atom stereocenters. The minimum atomic E-state index is -0.611. The van der Waals surface area contributed by atoms with Gasteiger partial charge in [-0.2, -0.15) is 0 Å². The molecule has 0 aliphatic carbocycles. The van der Waals surface area contributed by atoms with E-state index in [1.165, 1.54) is 0 Å². The van der Waals surface area contributed by atoms with E-state index < -0.39 is 6.10 Å². The Kier molecular flexibility index (Phi) is 7.06. The number of pyridine rings is 1. The van der Waals surface area contributed by atoms with Gasteiger partial charge >= 0.3 is 0 Å². The molecular weight excluding hydrogens is 373 g/mol. The molecule has 3 aromatic rings. The molecule has 26 heavy (non-hydrogen) atoms. The molecule has 0 spiro atoms. The number of aromatic nitrogens is 1. The van der Waals surface area contributed by atoms with Crippen LogP contribution in [0.5, 0.6) is 5.75 Å². The number of rotatable bonds is 6. The van der Waals surface area contributed by atoms with Crippen LogP contribution in [-0.4, -0.2) is 36.4 Å². The Balaban J connectivity index is 0.00000243. The quantitative estimate of drug-likeness (QED) is 0.594. The van der Waals surface area contributed by atoms with Crippen LogP contribution in [0.1, 0.15) is 0 Å². The monoisotopic (exact) mass is 393 g/mol. The second-order valence-corrected chi connectivity index (χ2v) is 6.15. The topological polar surface area (TPSA) is 80.4 Å². The molecule has 0 saturated heterocycles. The van der Waals surface area contributed by atoms with Crippen molar-refractivity contribution in [2.75, 3.05) is 25.5 Å². The highest BCUT2D eigenvalue weighted by molar-refractivity contribution is 6.30. The van der Waals surface area contributed by atoms with E-state index in [2.05, 4.69) is 5.32 Å². The average Bonchev–Trinajstić information content (AvgIpc) is 2.65. The summed E-state index contributed by atoms with van der Waals surface area (Å²) < 4.78 is 5.30. The van der Waals surface area contributed by atoms with Gasteiger partial charge in [0.1, 0.15) is 5.75 Å². The van der Waals surface area contributed by atoms with Crippen LogP contribution in [0.25, 0.3) is 22.2 Å². The number of nitrogens with zero attached hydrogens (tertiary/aromatic N) is 1. The molecule has 0 saturated carbocycles. The molecule has 0 aliphatic heterocycles. The lowest BCUT2D eigenvalue weighted by atomic mass is 10.1. The van der Waals surface area contributed by atoms with Gasteiger partial charge in [0.15, 0.2) is 0 Å². The van der Waals surface area contributed by atoms with Crippen molar-refractivity contribution in [1.82, 2.24) is 4.98 Å². The lowest BCUT2D eigenvalue weighted by Gasteiger charge is -2.15. The summed E-state index contributed by atoms with van der Waals surface area (Å²) in [6.45, 7) is 0.565. The van der Waals surface area contributed by atoms with Gasteiger partial charge in [-0.3, -0.25) is 0 Å². The molecule has 5 nitrogen and oxygen atoms in total. The van der Waals surface area contributed by atoms with Gasteiger partial charge in [0.05, 0.1) is 24.4 Å². The van der Waals surface area contributed by atoms with E-state index in [0.29, 0.717) is 11.6 Å². The van der Waals surface area contributed by atoms with Gasteiger partial charge in [-0.05, 0) is 30.3 Å². The van der Waals surface area contributed by atoms with Crippen LogP contribution in [0.15, 0.2) is 48.5 Å². The maximum absolute atomic E-state index is 9.75. The number of ether oxygens (including phenoxy) is 1. The van der Waals surface area contributed by atoms with Gasteiger partial charge in [-0.1, -0.05) is 23.7 Å². The lowest BCUT2D eigenvalue weighted by Crippen LogP contribution is -2.27. The first kappa shape index (κ1) is 20.3. The second kappa shape index (κ2) is 9.05. The van der Waals surface area contributed by atoms with Gasteiger partial charge in [0.25, 0.3) is 0 Å². The predicted octanol–water partition coefficient (Wildman–Crippen LogP) is 3.72. The molecule has 0 fully saturated rings. The molecule has 0 bridgehead atoms. The molecular formula is C19H21Cl2N3O2. The molecule has 0 amide bonds. The van der Waals surface area contributed by atoms with E-state index in [1.54, 1.807) is 7.11 Å². The number of nitrogens with two attached hydrogens (primary N) is 1. The van der Waals surface area contributed by atoms with Gasteiger partial charge in [0, 0.05) is 40.8 Å². The Labute approximate surface area is 163 Å². The number of methoxy groups -OCH3 is 1. The fourth-order valence-electron chi connectivity index (χ4n) is 2.56. The number of anilines is 1. The maximum atomic E-state index is 9.75. The first-order chi connectivity index (χ1) is 12.1. The largest absolute Gasteiger partial charge is 0.497 e. The fraction of sp³-hybridized carbons (Fsp3) is 0.211. The van der Waals surface area contributed by atoms with Crippen molar-refractivity contribution >= 4 is 40.6 Å². The highest BCUT2D eigenvalue weighted by Crippen LogP contribution is 2.31. The van der Waals surface area contributed by atoms with Crippen molar-refractivity contribution in [2.45, 2.75) is 6.10 Å². The Morgan fingerprint density at radius 3 is 2.58 bits per heavy atom. The van der Waals surface area contributed by atoms with Crippen LogP contribution in [0, 0.1) is 0 Å². The van der Waals surface area contributed by atoms with Gasteiger partial charge < -0.3 is 20.9 Å². The summed E-state index contributed by atoms with van der Waals surface area (Å²) in [7, 11) is 1.63. The normalized spacial score (nSPS) is 11.7. The zero-order chi connectivity index (χ0) is 17.8. The van der Waals surface area contributed by atoms with Crippen molar-refractivity contribution in [3.05, 3.63) is 53.6 Å². The van der Waals surface area contributed by atoms with Crippen molar-refractivity contribution in [2.24, 2.45) is 5.73 Å². The van der Waals surface area contributed by atoms with Crippen molar-refractivity contribution in [3.8, 4) is 17.0 Å². The Hall–Kier alpha value is -2.05. The molecule has 1 aromatic heterocycles. The Bertz CT molecular complexity index is 873. The number of benzene rings is 2. The molecule has 138 valence electrons. The van der Waals surface area contributed by atoms with Crippen LogP contribution in [0.3, 0.4) is 0 Å². The standard InChI is InChI=1S/C19H20ClN3O2.ClH/c1-25-15-6-7-16-18(22-11-14(24)10-21)9-17(23-19(16)8-15)12-2-4-13(20)5-3-12;/h2-9,14,24H,10-11,21H2,1H3,(H,22,23);1H/t14-;/m0./s1. The number of halogens is 2. The first-order valence-corrected chi connectivity index (χ1v) is 8.35. The van der Waals surface area contributed by atoms with Crippen molar-refractivity contribution in [3.63, 3.8) is 0 Å². The molecule has 7 heteroatoms. The molecule has 1 atom stereocenters. The zero-order valence-electron chi connectivity index (χ0n) is 14.3. The third-order valence-corrected chi connectivity index (χ3v) is 4.21. The number of aliphatic hydroxyl groups excluding tert-OH is 1. The van der Waals surface area contributed by atoms with Crippen LogP contribution in [0.2, 0.25) is 5.02 Å². The van der Waals surface area contributed by atoms with E-state index in [-0.39, 0.29) is 19.0 Å². The van der Waals surface area contributed by atoms with E-state index in [4.69, 9.17) is 27.1 Å². The first-order valence-electron chi connectivity index (χ1n) is 7.97. The Morgan fingerprint density at radius 2 is 1.92 bits per heavy atom. The van der Waals surface area contributed by atoms with E-state index in [1.807, 2.05) is 48.5 Å². The van der Waals surface area contributed by atoms with Crippen LogP contribution < -0.4 is 15.8 Å². The van der Waals surface area contributed by atoms with Crippen molar-refractivity contribution in [1.29, 1.82) is 0 Å². The highest BCUT2D eigenvalue weighted by atomic mass is 35.5. The third-order valence-electron chi connectivity index (χ3n) is 3.96. The molecule has 1 heterocycles. The number of fused-ring (bicyclic) bond motifs is 1. The lowest BCUT2D eigenvalue weighted by molar-refractivity contribution is 0.196. The zero-order valence-corrected chi connectivity index (χ0v) is 15.8. The summed E-state index contributed by atoms with van der Waals surface area (Å²) in [5.74, 6) is 0.737. The molecule has 3 rings (SSSR count). The highest BCUT2D eigenvalue weighted by Gasteiger charge is 2.10. The summed E-state index contributed by atoms with van der Waals surface area (Å²) in [5.41, 5.74) is 8.94. The fourth-order valence-corrected chi connectivity index (χ4v) is 2.69. The van der Waals surface area contributed by atoms with Crippen LogP contribution in [0.4, 0.5) is 5.69 Å². The summed E-state index contributed by atoms with van der Waals surface area (Å²) >= 11 is 5.98. The maximum Gasteiger partial charge on any atom is 0.121 e. The van der Waals surface area contributed by atoms with E-state index in [0.717, 1.165) is 33.6 Å². The molecule has 0 radical (unpaired) electrons. The second-order valence-electron chi connectivity index (χ2n) is 5.72. The summed E-state index contributed by atoms with van der Waals surface area (Å²) in [6, 6.07) is 15.2. The number of hydrogen-bond acceptors (Lipinski definition) is 5. The molecule has 0 aliphatic rings. The third kappa shape index (κ3) is 4.56. The SMILES string of the molecule is COc1ccc2c(NC[C@@H](O)CN)cc(-c3ccc(Cl)cc3)nc2c1.Cl. The Morgan fingerprint density at radius 1 is 1.19 bits per heavy atom. The minimum absolute atomic E-state index is 0. The number of nitrogens with one attached hydrogen (secondary N) is 1. The van der Waals surface area contributed by atoms with Gasteiger partial charge in [-0.15, -0.1) is 12.4 Å². The van der Waals surface area contributed by atoms with Crippen molar-refractivity contribution < 1.29 is 9.84 Å². The molecule has 4 N–H and O–H groups in total. The smallest absolute Gasteiger partial charge is 0.121 e. The number of aliphatic hydroxyl groups is 1. The van der Waals surface area contributed by atoms with Gasteiger partial charge in [-0.25, -0.2) is 4.98 Å². The van der Waals surface area contributed by atoms with Crippen LogP contribution >= 0.6 is 24.0 Å².